The number of allylic oxidation sites excluding steroid dienone is 1. The molecule has 0 spiro atoms. The Morgan fingerprint density at radius 1 is 0.786 bits per heavy atom. The molecule has 0 aromatic heterocycles. The predicted octanol–water partition coefficient (Wildman–Crippen LogP) is 6.49. The van der Waals surface area contributed by atoms with Gasteiger partial charge >= 0.3 is 0 Å². The smallest absolute Gasteiger partial charge is 0.0473 e. The van der Waals surface area contributed by atoms with Gasteiger partial charge in [0.2, 0.25) is 0 Å². The monoisotopic (exact) mass is 204 g/mol. The molecule has 0 rings (SSSR count). The van der Waals surface area contributed by atoms with Crippen LogP contribution in [0.1, 0.15) is 68.7 Å². The summed E-state index contributed by atoms with van der Waals surface area (Å²) in [7, 11) is 0. The van der Waals surface area contributed by atoms with Crippen LogP contribution in [0.2, 0.25) is 0 Å². The minimum absolute atomic E-state index is 1.25. The highest BCUT2D eigenvalue weighted by Crippen LogP contribution is 1.56. The molecule has 0 unspecified atom stereocenters. The summed E-state index contributed by atoms with van der Waals surface area (Å²) >= 11 is 0. The van der Waals surface area contributed by atoms with Gasteiger partial charge in [0.25, 0.3) is 0 Å². The van der Waals surface area contributed by atoms with E-state index in [0.29, 0.717) is 0 Å². The van der Waals surface area contributed by atoms with Crippen molar-refractivity contribution in [2.45, 2.75) is 68.7 Å². The standard InChI is InChI=1S/C3H8.C3H6.3C2H6.C2H4/c2*1-3-2;4*1-2/h3H2,1-2H3;3H,1H2,2H3;3*1-2H3;1-2H2. The highest BCUT2D eigenvalue weighted by Gasteiger charge is 1.35. The number of hydrogen-bond donors (Lipinski definition) is 0. The molecule has 0 saturated heterocycles. The van der Waals surface area contributed by atoms with E-state index in [1.165, 1.54) is 6.42 Å². The highest BCUT2D eigenvalue weighted by molar-refractivity contribution is 4.51. The van der Waals surface area contributed by atoms with Gasteiger partial charge in [-0.3, -0.25) is 0 Å². The molecule has 0 amide bonds. The molecule has 0 heterocycles. The third kappa shape index (κ3) is 4660. The third-order valence-electron chi connectivity index (χ3n) is 0. The molecule has 0 aliphatic heterocycles. The van der Waals surface area contributed by atoms with E-state index in [1.807, 2.05) is 48.5 Å². The molecule has 92 valence electrons. The highest BCUT2D eigenvalue weighted by atomic mass is 13.4. The second-order valence-electron chi connectivity index (χ2n) is 1.12. The van der Waals surface area contributed by atoms with E-state index in [9.17, 15) is 0 Å². The molecular weight excluding hydrogens is 168 g/mol. The Balaban J connectivity index is -0.0000000139. The molecule has 0 radical (unpaired) electrons. The van der Waals surface area contributed by atoms with Crippen LogP contribution < -0.4 is 0 Å². The van der Waals surface area contributed by atoms with Crippen molar-refractivity contribution in [3.8, 4) is 0 Å². The molecule has 0 aliphatic rings. The van der Waals surface area contributed by atoms with Crippen LogP contribution in [0.4, 0.5) is 0 Å². The third-order valence-corrected chi connectivity index (χ3v) is 0. The van der Waals surface area contributed by atoms with Crippen molar-refractivity contribution in [1.82, 2.24) is 0 Å². The minimum Gasteiger partial charge on any atom is -0.106 e. The van der Waals surface area contributed by atoms with Gasteiger partial charge < -0.3 is 0 Å². The van der Waals surface area contributed by atoms with Crippen LogP contribution in [0, 0.1) is 0 Å². The van der Waals surface area contributed by atoms with E-state index in [4.69, 9.17) is 0 Å². The lowest BCUT2D eigenvalue weighted by atomic mass is 10.6. The molecule has 14 heavy (non-hydrogen) atoms. The zero-order chi connectivity index (χ0) is 13.4. The Kier molecular flexibility index (Phi) is 2010. The van der Waals surface area contributed by atoms with Crippen molar-refractivity contribution in [3.63, 3.8) is 0 Å². The summed E-state index contributed by atoms with van der Waals surface area (Å²) in [4.78, 5) is 0. The largest absolute Gasteiger partial charge is 0.106 e. The van der Waals surface area contributed by atoms with Crippen molar-refractivity contribution in [2.24, 2.45) is 0 Å². The van der Waals surface area contributed by atoms with Crippen molar-refractivity contribution < 1.29 is 0 Å². The van der Waals surface area contributed by atoms with E-state index in [-0.39, 0.29) is 0 Å². The summed E-state index contributed by atoms with van der Waals surface area (Å²) in [6.45, 7) is 27.5. The van der Waals surface area contributed by atoms with E-state index in [1.54, 1.807) is 6.08 Å². The van der Waals surface area contributed by atoms with E-state index in [2.05, 4.69) is 33.6 Å². The van der Waals surface area contributed by atoms with Gasteiger partial charge in [0.05, 0.1) is 0 Å². The van der Waals surface area contributed by atoms with Gasteiger partial charge in [-0.25, -0.2) is 0 Å². The maximum Gasteiger partial charge on any atom is -0.0473 e. The van der Waals surface area contributed by atoms with Crippen LogP contribution >= 0.6 is 0 Å². The van der Waals surface area contributed by atoms with E-state index >= 15 is 0 Å². The SMILES string of the molecule is C=C.C=CC.CC.CC.CC.CCC. The molecule has 0 saturated carbocycles. The molecular formula is C14H36. The average Bonchev–Trinajstić information content (AvgIpc) is 2.31. The Morgan fingerprint density at radius 2 is 0.786 bits per heavy atom. The maximum absolute atomic E-state index is 3.36. The van der Waals surface area contributed by atoms with Crippen LogP contribution in [-0.4, -0.2) is 0 Å². The van der Waals surface area contributed by atoms with Gasteiger partial charge in [0.1, 0.15) is 0 Å². The first kappa shape index (κ1) is 37.5. The molecule has 0 bridgehead atoms. The first-order valence-electron chi connectivity index (χ1n) is 5.90. The minimum atomic E-state index is 1.25. The van der Waals surface area contributed by atoms with Crippen molar-refractivity contribution in [1.29, 1.82) is 0 Å². The fourth-order valence-electron chi connectivity index (χ4n) is 0. The Morgan fingerprint density at radius 3 is 0.786 bits per heavy atom. The van der Waals surface area contributed by atoms with Gasteiger partial charge in [0, 0.05) is 0 Å². The molecule has 0 atom stereocenters. The lowest BCUT2D eigenvalue weighted by molar-refractivity contribution is 1.09. The summed E-state index contributed by atoms with van der Waals surface area (Å²) in [5.74, 6) is 0. The Hall–Kier alpha value is -0.520. The zero-order valence-corrected chi connectivity index (χ0v) is 12.4. The molecule has 0 aromatic rings. The van der Waals surface area contributed by atoms with Crippen LogP contribution in [0.25, 0.3) is 0 Å². The van der Waals surface area contributed by atoms with Crippen molar-refractivity contribution in [2.75, 3.05) is 0 Å². The van der Waals surface area contributed by atoms with Crippen molar-refractivity contribution >= 4 is 0 Å². The molecule has 0 aliphatic carbocycles. The maximum atomic E-state index is 3.36. The molecule has 0 nitrogen and oxygen atoms in total. The van der Waals surface area contributed by atoms with Gasteiger partial charge in [-0.2, -0.15) is 0 Å². The van der Waals surface area contributed by atoms with Crippen LogP contribution in [0.3, 0.4) is 0 Å². The lowest BCUT2D eigenvalue weighted by Gasteiger charge is -1.48. The number of rotatable bonds is 0. The van der Waals surface area contributed by atoms with Gasteiger partial charge in [-0.05, 0) is 6.92 Å². The summed E-state index contributed by atoms with van der Waals surface area (Å²) < 4.78 is 0. The van der Waals surface area contributed by atoms with Crippen LogP contribution in [0.15, 0.2) is 25.8 Å². The molecule has 0 aromatic carbocycles. The average molecular weight is 204 g/mol. The van der Waals surface area contributed by atoms with Crippen LogP contribution in [0.5, 0.6) is 0 Å². The van der Waals surface area contributed by atoms with Crippen LogP contribution in [-0.2, 0) is 0 Å². The fourth-order valence-corrected chi connectivity index (χ4v) is 0. The van der Waals surface area contributed by atoms with Gasteiger partial charge in [-0.15, -0.1) is 19.7 Å². The lowest BCUT2D eigenvalue weighted by Crippen LogP contribution is -1.27. The number of hydrogen-bond acceptors (Lipinski definition) is 0. The first-order chi connectivity index (χ1) is 6.83. The second-order valence-corrected chi connectivity index (χ2v) is 1.12. The summed E-state index contributed by atoms with van der Waals surface area (Å²) in [5.41, 5.74) is 0. The quantitative estimate of drug-likeness (QED) is 0.396. The van der Waals surface area contributed by atoms with Gasteiger partial charge in [-0.1, -0.05) is 67.9 Å². The van der Waals surface area contributed by atoms with E-state index < -0.39 is 0 Å². The van der Waals surface area contributed by atoms with Gasteiger partial charge in [0.15, 0.2) is 0 Å². The van der Waals surface area contributed by atoms with E-state index in [0.717, 1.165) is 0 Å². The molecule has 0 fully saturated rings. The zero-order valence-electron chi connectivity index (χ0n) is 12.4. The Bertz CT molecular complexity index is 21.2. The topological polar surface area (TPSA) is 0 Å². The Labute approximate surface area is 95.1 Å². The molecule has 0 heteroatoms. The second kappa shape index (κ2) is 751. The summed E-state index contributed by atoms with van der Waals surface area (Å²) in [6.07, 6.45) is 3.00. The normalized spacial score (nSPS) is 3.79. The summed E-state index contributed by atoms with van der Waals surface area (Å²) in [6, 6.07) is 0. The fraction of sp³-hybridized carbons (Fsp3) is 0.714. The first-order valence-corrected chi connectivity index (χ1v) is 5.90. The predicted molar refractivity (Wildman–Crippen MR) is 77.1 cm³/mol. The summed E-state index contributed by atoms with van der Waals surface area (Å²) in [5, 5.41) is 0. The van der Waals surface area contributed by atoms with Crippen molar-refractivity contribution in [3.05, 3.63) is 25.8 Å². The molecule has 0 N–H and O–H groups in total.